The Balaban J connectivity index is 1.83. The number of carbonyl (C=O) groups is 2. The molecular weight excluding hydrogens is 424 g/mol. The minimum Gasteiger partial charge on any atom is -0.482 e. The quantitative estimate of drug-likeness (QED) is 0.448. The molecule has 1 amide bonds. The van der Waals surface area contributed by atoms with Crippen molar-refractivity contribution in [2.75, 3.05) is 13.2 Å². The molecule has 2 rings (SSSR count). The monoisotopic (exact) mass is 464 g/mol. The number of para-hydroxylation sites is 1. The Kier molecular flexibility index (Phi) is 10.4. The number of amides is 1. The number of carboxylic acid groups (broad SMARTS) is 1. The van der Waals surface area contributed by atoms with Gasteiger partial charge in [0.1, 0.15) is 11.4 Å². The molecule has 2 unspecified atom stereocenters. The summed E-state index contributed by atoms with van der Waals surface area (Å²) in [6, 6.07) is 7.12. The number of benzene rings is 1. The van der Waals surface area contributed by atoms with Crippen LogP contribution < -0.4 is 15.8 Å². The molecule has 0 aliphatic heterocycles. The highest BCUT2D eigenvalue weighted by Gasteiger charge is 2.27. The number of rotatable bonds is 11. The van der Waals surface area contributed by atoms with Crippen molar-refractivity contribution in [2.24, 2.45) is 5.73 Å². The van der Waals surface area contributed by atoms with Gasteiger partial charge in [0.25, 0.3) is 0 Å². The highest BCUT2D eigenvalue weighted by atomic mass is 16.6. The van der Waals surface area contributed by atoms with Crippen molar-refractivity contribution in [2.45, 2.75) is 95.9 Å². The third-order valence-electron chi connectivity index (χ3n) is 5.73. The Bertz CT molecular complexity index is 756. The first-order chi connectivity index (χ1) is 15.6. The maximum Gasteiger partial charge on any atom is 0.407 e. The van der Waals surface area contributed by atoms with E-state index in [1.165, 1.54) is 0 Å². The lowest BCUT2D eigenvalue weighted by Gasteiger charge is -2.32. The number of carboxylic acids is 1. The summed E-state index contributed by atoms with van der Waals surface area (Å²) >= 11 is 0. The van der Waals surface area contributed by atoms with Gasteiger partial charge >= 0.3 is 12.1 Å². The van der Waals surface area contributed by atoms with Gasteiger partial charge in [0.15, 0.2) is 6.61 Å². The maximum atomic E-state index is 12.2. The summed E-state index contributed by atoms with van der Waals surface area (Å²) < 4.78 is 17.0. The third kappa shape index (κ3) is 9.60. The average Bonchev–Trinajstić information content (AvgIpc) is 2.75. The van der Waals surface area contributed by atoms with Crippen LogP contribution in [0.3, 0.4) is 0 Å². The van der Waals surface area contributed by atoms with Crippen LogP contribution in [0.1, 0.15) is 77.7 Å². The molecule has 186 valence electrons. The van der Waals surface area contributed by atoms with E-state index in [4.69, 9.17) is 25.1 Å². The van der Waals surface area contributed by atoms with E-state index in [1.54, 1.807) is 0 Å². The molecule has 0 spiro atoms. The van der Waals surface area contributed by atoms with Gasteiger partial charge in [-0.05, 0) is 70.4 Å². The van der Waals surface area contributed by atoms with Crippen LogP contribution in [-0.2, 0) is 14.3 Å². The van der Waals surface area contributed by atoms with Crippen molar-refractivity contribution in [1.82, 2.24) is 5.32 Å². The first-order valence-electron chi connectivity index (χ1n) is 11.9. The molecule has 0 bridgehead atoms. The lowest BCUT2D eigenvalue weighted by Crippen LogP contribution is -2.51. The minimum atomic E-state index is -0.985. The van der Waals surface area contributed by atoms with Gasteiger partial charge in [0.05, 0.1) is 12.7 Å². The first kappa shape index (κ1) is 26.9. The predicted octanol–water partition coefficient (Wildman–Crippen LogP) is 4.21. The summed E-state index contributed by atoms with van der Waals surface area (Å²) in [5, 5.41) is 11.8. The second kappa shape index (κ2) is 12.8. The maximum absolute atomic E-state index is 12.2. The number of hydrogen-bond donors (Lipinski definition) is 3. The van der Waals surface area contributed by atoms with Gasteiger partial charge in [-0.3, -0.25) is 0 Å². The van der Waals surface area contributed by atoms with Gasteiger partial charge in [-0.15, -0.1) is 0 Å². The molecular formula is C25H40N2O6. The van der Waals surface area contributed by atoms with Crippen LogP contribution in [-0.4, -0.2) is 54.2 Å². The summed E-state index contributed by atoms with van der Waals surface area (Å²) in [7, 11) is 0. The average molecular weight is 465 g/mol. The number of nitrogens with two attached hydrogens (primary N) is 1. The first-order valence-corrected chi connectivity index (χ1v) is 11.9. The van der Waals surface area contributed by atoms with Crippen molar-refractivity contribution >= 4 is 12.1 Å². The molecule has 0 heterocycles. The lowest BCUT2D eigenvalue weighted by atomic mass is 9.82. The van der Waals surface area contributed by atoms with Crippen LogP contribution >= 0.6 is 0 Å². The number of carbonyl (C=O) groups excluding carboxylic acids is 1. The summed E-state index contributed by atoms with van der Waals surface area (Å²) in [6.45, 7) is 7.57. The van der Waals surface area contributed by atoms with E-state index in [0.717, 1.165) is 44.1 Å². The van der Waals surface area contributed by atoms with Gasteiger partial charge in [0, 0.05) is 12.1 Å². The summed E-state index contributed by atoms with van der Waals surface area (Å²) in [6.07, 6.45) is 4.95. The van der Waals surface area contributed by atoms with Crippen molar-refractivity contribution in [3.05, 3.63) is 29.8 Å². The summed E-state index contributed by atoms with van der Waals surface area (Å²) in [5.74, 6) is -0.0344. The van der Waals surface area contributed by atoms with Crippen molar-refractivity contribution in [1.29, 1.82) is 0 Å². The fourth-order valence-electron chi connectivity index (χ4n) is 4.16. The fourth-order valence-corrected chi connectivity index (χ4v) is 4.16. The van der Waals surface area contributed by atoms with E-state index in [0.29, 0.717) is 18.3 Å². The highest BCUT2D eigenvalue weighted by Crippen LogP contribution is 2.38. The second-order valence-corrected chi connectivity index (χ2v) is 9.73. The molecule has 8 heteroatoms. The van der Waals surface area contributed by atoms with Gasteiger partial charge in [-0.1, -0.05) is 31.5 Å². The Hall–Kier alpha value is -2.32. The van der Waals surface area contributed by atoms with Gasteiger partial charge in [0.2, 0.25) is 0 Å². The molecule has 0 saturated heterocycles. The lowest BCUT2D eigenvalue weighted by molar-refractivity contribution is -0.139. The molecule has 4 N–H and O–H groups in total. The second-order valence-electron chi connectivity index (χ2n) is 9.73. The number of nitrogens with one attached hydrogen (secondary N) is 1. The van der Waals surface area contributed by atoms with Crippen LogP contribution in [0, 0.1) is 0 Å². The third-order valence-corrected chi connectivity index (χ3v) is 5.73. The highest BCUT2D eigenvalue weighted by molar-refractivity contribution is 5.68. The molecule has 0 radical (unpaired) electrons. The zero-order chi connectivity index (χ0) is 24.4. The molecule has 1 aliphatic carbocycles. The molecule has 1 aromatic carbocycles. The predicted molar refractivity (Wildman–Crippen MR) is 127 cm³/mol. The number of aliphatic carboxylic acids is 1. The minimum absolute atomic E-state index is 0.114. The van der Waals surface area contributed by atoms with E-state index < -0.39 is 17.7 Å². The zero-order valence-corrected chi connectivity index (χ0v) is 20.3. The Labute approximate surface area is 197 Å². The molecule has 1 saturated carbocycles. The molecule has 1 fully saturated rings. The van der Waals surface area contributed by atoms with Gasteiger partial charge in [-0.25, -0.2) is 9.59 Å². The number of alkyl carbamates (subject to hydrolysis) is 1. The number of hydrogen-bond acceptors (Lipinski definition) is 6. The zero-order valence-electron chi connectivity index (χ0n) is 20.3. The van der Waals surface area contributed by atoms with Crippen LogP contribution in [0.2, 0.25) is 0 Å². The van der Waals surface area contributed by atoms with Crippen LogP contribution in [0.4, 0.5) is 4.79 Å². The van der Waals surface area contributed by atoms with Gasteiger partial charge in [-0.2, -0.15) is 0 Å². The topological polar surface area (TPSA) is 120 Å². The van der Waals surface area contributed by atoms with E-state index in [1.807, 2.05) is 45.0 Å². The normalized spacial score (nSPS) is 20.5. The molecule has 1 aliphatic rings. The summed E-state index contributed by atoms with van der Waals surface area (Å²) in [4.78, 5) is 23.0. The Morgan fingerprint density at radius 2 is 1.85 bits per heavy atom. The SMILES string of the molecule is CCCC(NC(=O)OC(C)(C)C)C(N)COC1CCC(c2ccccc2OCC(=O)O)CC1. The van der Waals surface area contributed by atoms with Crippen LogP contribution in [0.25, 0.3) is 0 Å². The van der Waals surface area contributed by atoms with Crippen LogP contribution in [0.15, 0.2) is 24.3 Å². The molecule has 2 atom stereocenters. The molecule has 1 aromatic rings. The molecule has 33 heavy (non-hydrogen) atoms. The van der Waals surface area contributed by atoms with E-state index >= 15 is 0 Å². The largest absolute Gasteiger partial charge is 0.482 e. The number of ether oxygens (including phenoxy) is 3. The summed E-state index contributed by atoms with van der Waals surface area (Å²) in [5.41, 5.74) is 6.87. The van der Waals surface area contributed by atoms with Crippen molar-refractivity contribution < 1.29 is 28.9 Å². The Morgan fingerprint density at radius 3 is 2.45 bits per heavy atom. The van der Waals surface area contributed by atoms with E-state index in [-0.39, 0.29) is 24.8 Å². The van der Waals surface area contributed by atoms with Gasteiger partial charge < -0.3 is 30.4 Å². The van der Waals surface area contributed by atoms with E-state index in [2.05, 4.69) is 12.2 Å². The fraction of sp³-hybridized carbons (Fsp3) is 0.680. The molecule has 0 aromatic heterocycles. The standard InChI is InChI=1S/C25H40N2O6/c1-5-8-21(27-24(30)33-25(2,3)4)20(26)15-31-18-13-11-17(12-14-18)19-9-6-7-10-22(19)32-16-23(28)29/h6-7,9-10,17-18,20-21H,5,8,11-16,26H2,1-4H3,(H,27,30)(H,28,29). The van der Waals surface area contributed by atoms with Crippen molar-refractivity contribution in [3.8, 4) is 5.75 Å². The van der Waals surface area contributed by atoms with Crippen molar-refractivity contribution in [3.63, 3.8) is 0 Å². The smallest absolute Gasteiger partial charge is 0.407 e. The Morgan fingerprint density at radius 1 is 1.18 bits per heavy atom. The van der Waals surface area contributed by atoms with Crippen LogP contribution in [0.5, 0.6) is 5.75 Å². The molecule has 8 nitrogen and oxygen atoms in total. The van der Waals surface area contributed by atoms with E-state index in [9.17, 15) is 9.59 Å².